The average molecular weight is 211 g/mol. The van der Waals surface area contributed by atoms with Gasteiger partial charge in [0.1, 0.15) is 0 Å². The van der Waals surface area contributed by atoms with Crippen molar-refractivity contribution in [2.24, 2.45) is 0 Å². The molecule has 0 saturated heterocycles. The number of benzene rings is 1. The Bertz CT molecular complexity index is 362. The fourth-order valence-electron chi connectivity index (χ4n) is 1.06. The molecule has 1 rings (SSSR count). The van der Waals surface area contributed by atoms with Crippen LogP contribution in [0.1, 0.15) is 27.6 Å². The second-order valence-corrected chi connectivity index (χ2v) is 2.57. The predicted octanol–water partition coefficient (Wildman–Crippen LogP) is 1.72. The summed E-state index contributed by atoms with van der Waals surface area (Å²) in [6, 6.07) is 5.96. The number of rotatable bonds is 3. The van der Waals surface area contributed by atoms with Crippen molar-refractivity contribution in [1.82, 2.24) is 6.15 Å². The van der Waals surface area contributed by atoms with Gasteiger partial charge in [-0.25, -0.2) is 9.59 Å². The van der Waals surface area contributed by atoms with E-state index in [4.69, 9.17) is 9.84 Å². The Labute approximate surface area is 87.3 Å². The molecule has 82 valence electrons. The maximum Gasteiger partial charge on any atom is 0.338 e. The molecule has 5 nitrogen and oxygen atoms in total. The van der Waals surface area contributed by atoms with Gasteiger partial charge >= 0.3 is 11.9 Å². The average Bonchev–Trinajstić information content (AvgIpc) is 2.18. The van der Waals surface area contributed by atoms with Crippen LogP contribution in [0.25, 0.3) is 0 Å². The third-order valence-corrected chi connectivity index (χ3v) is 1.65. The minimum absolute atomic E-state index is 0. The van der Waals surface area contributed by atoms with Crippen molar-refractivity contribution in [1.29, 1.82) is 0 Å². The van der Waals surface area contributed by atoms with Gasteiger partial charge in [0.15, 0.2) is 0 Å². The lowest BCUT2D eigenvalue weighted by molar-refractivity contribution is 0.0514. The lowest BCUT2D eigenvalue weighted by atomic mass is 10.1. The molecule has 0 atom stereocenters. The fourth-order valence-corrected chi connectivity index (χ4v) is 1.06. The number of aromatic carboxylic acids is 1. The second kappa shape index (κ2) is 5.77. The normalized spacial score (nSPS) is 8.87. The molecule has 0 heterocycles. The number of carbonyl (C=O) groups excluding carboxylic acids is 1. The second-order valence-electron chi connectivity index (χ2n) is 2.57. The first-order chi connectivity index (χ1) is 6.66. The molecule has 0 saturated carbocycles. The minimum Gasteiger partial charge on any atom is -0.478 e. The summed E-state index contributed by atoms with van der Waals surface area (Å²) in [6.45, 7) is 1.90. The smallest absolute Gasteiger partial charge is 0.338 e. The molecule has 0 bridgehead atoms. The van der Waals surface area contributed by atoms with Crippen LogP contribution in [-0.2, 0) is 4.74 Å². The first kappa shape index (κ1) is 13.1. The van der Waals surface area contributed by atoms with Gasteiger partial charge < -0.3 is 16.0 Å². The van der Waals surface area contributed by atoms with E-state index >= 15 is 0 Å². The van der Waals surface area contributed by atoms with Gasteiger partial charge in [-0.1, -0.05) is 12.1 Å². The van der Waals surface area contributed by atoms with Crippen molar-refractivity contribution in [2.45, 2.75) is 6.92 Å². The van der Waals surface area contributed by atoms with Gasteiger partial charge in [-0.3, -0.25) is 0 Å². The van der Waals surface area contributed by atoms with Crippen molar-refractivity contribution < 1.29 is 19.4 Å². The summed E-state index contributed by atoms with van der Waals surface area (Å²) in [5, 5.41) is 8.77. The van der Waals surface area contributed by atoms with Crippen molar-refractivity contribution in [3.8, 4) is 0 Å². The fraction of sp³-hybridized carbons (Fsp3) is 0.200. The number of ether oxygens (including phenoxy) is 1. The van der Waals surface area contributed by atoms with Gasteiger partial charge in [0.05, 0.1) is 17.7 Å². The first-order valence-electron chi connectivity index (χ1n) is 4.16. The molecule has 1 aromatic carbocycles. The van der Waals surface area contributed by atoms with Crippen LogP contribution in [-0.4, -0.2) is 23.7 Å². The third-order valence-electron chi connectivity index (χ3n) is 1.65. The standard InChI is InChI=1S/C10H10O4.H3N/c1-2-14-10(13)8-6-4-3-5-7(8)9(11)12;/h3-6H,2H2,1H3,(H,11,12);1H3. The highest BCUT2D eigenvalue weighted by Crippen LogP contribution is 2.09. The maximum atomic E-state index is 11.3. The summed E-state index contributed by atoms with van der Waals surface area (Å²) in [5.74, 6) is -1.74. The SMILES string of the molecule is CCOC(=O)c1ccccc1C(=O)O.N. The zero-order valence-electron chi connectivity index (χ0n) is 8.40. The molecule has 15 heavy (non-hydrogen) atoms. The Kier molecular flexibility index (Phi) is 5.04. The summed E-state index contributed by atoms with van der Waals surface area (Å²) >= 11 is 0. The Morgan fingerprint density at radius 3 is 2.27 bits per heavy atom. The summed E-state index contributed by atoms with van der Waals surface area (Å²) in [7, 11) is 0. The van der Waals surface area contributed by atoms with Gasteiger partial charge in [0.25, 0.3) is 0 Å². The molecule has 0 aromatic heterocycles. The Morgan fingerprint density at radius 2 is 1.80 bits per heavy atom. The number of carbonyl (C=O) groups is 2. The molecule has 0 fully saturated rings. The lowest BCUT2D eigenvalue weighted by Crippen LogP contribution is -2.11. The van der Waals surface area contributed by atoms with Crippen LogP contribution in [0.2, 0.25) is 0 Å². The minimum atomic E-state index is -1.13. The summed E-state index contributed by atoms with van der Waals surface area (Å²) < 4.78 is 4.72. The predicted molar refractivity (Wildman–Crippen MR) is 54.4 cm³/mol. The maximum absolute atomic E-state index is 11.3. The lowest BCUT2D eigenvalue weighted by Gasteiger charge is -2.04. The van der Waals surface area contributed by atoms with E-state index in [-0.39, 0.29) is 23.9 Å². The van der Waals surface area contributed by atoms with Crippen LogP contribution < -0.4 is 6.15 Å². The highest BCUT2D eigenvalue weighted by atomic mass is 16.5. The van der Waals surface area contributed by atoms with E-state index in [0.29, 0.717) is 0 Å². The molecule has 4 N–H and O–H groups in total. The topological polar surface area (TPSA) is 98.6 Å². The Morgan fingerprint density at radius 1 is 1.27 bits per heavy atom. The molecule has 0 aliphatic heterocycles. The van der Waals surface area contributed by atoms with Gasteiger partial charge in [0, 0.05) is 0 Å². The van der Waals surface area contributed by atoms with E-state index in [1.54, 1.807) is 19.1 Å². The van der Waals surface area contributed by atoms with E-state index in [2.05, 4.69) is 0 Å². The molecule has 0 amide bonds. The third kappa shape index (κ3) is 3.07. The van der Waals surface area contributed by atoms with Gasteiger partial charge in [-0.2, -0.15) is 0 Å². The Hall–Kier alpha value is -1.88. The van der Waals surface area contributed by atoms with Crippen molar-refractivity contribution in [3.63, 3.8) is 0 Å². The largest absolute Gasteiger partial charge is 0.478 e. The number of hydrogen-bond donors (Lipinski definition) is 2. The number of esters is 1. The molecule has 1 aromatic rings. The highest BCUT2D eigenvalue weighted by molar-refractivity contribution is 6.02. The molecular weight excluding hydrogens is 198 g/mol. The number of carboxylic acid groups (broad SMARTS) is 1. The Balaban J connectivity index is 0.00000196. The van der Waals surface area contributed by atoms with E-state index in [1.165, 1.54) is 12.1 Å². The first-order valence-corrected chi connectivity index (χ1v) is 4.16. The quantitative estimate of drug-likeness (QED) is 0.741. The van der Waals surface area contributed by atoms with Crippen LogP contribution in [0, 0.1) is 0 Å². The van der Waals surface area contributed by atoms with Crippen LogP contribution >= 0.6 is 0 Å². The van der Waals surface area contributed by atoms with E-state index in [1.807, 2.05) is 0 Å². The van der Waals surface area contributed by atoms with E-state index in [9.17, 15) is 9.59 Å². The molecular formula is C10H13NO4. The van der Waals surface area contributed by atoms with E-state index in [0.717, 1.165) is 0 Å². The van der Waals surface area contributed by atoms with Gasteiger partial charge in [0.2, 0.25) is 0 Å². The van der Waals surface area contributed by atoms with Crippen LogP contribution in [0.5, 0.6) is 0 Å². The molecule has 5 heteroatoms. The van der Waals surface area contributed by atoms with Crippen LogP contribution in [0.15, 0.2) is 24.3 Å². The summed E-state index contributed by atoms with van der Waals surface area (Å²) in [4.78, 5) is 22.0. The molecule has 0 unspecified atom stereocenters. The zero-order valence-corrected chi connectivity index (χ0v) is 8.40. The summed E-state index contributed by atoms with van der Waals surface area (Å²) in [5.41, 5.74) is 0.0489. The molecule has 0 aliphatic carbocycles. The monoisotopic (exact) mass is 211 g/mol. The molecule has 0 aliphatic rings. The zero-order chi connectivity index (χ0) is 10.6. The number of hydrogen-bond acceptors (Lipinski definition) is 4. The molecule has 0 radical (unpaired) electrons. The van der Waals surface area contributed by atoms with Crippen molar-refractivity contribution in [3.05, 3.63) is 35.4 Å². The van der Waals surface area contributed by atoms with Crippen LogP contribution in [0.3, 0.4) is 0 Å². The molecule has 0 spiro atoms. The van der Waals surface area contributed by atoms with E-state index < -0.39 is 11.9 Å². The van der Waals surface area contributed by atoms with Gasteiger partial charge in [-0.05, 0) is 19.1 Å². The highest BCUT2D eigenvalue weighted by Gasteiger charge is 2.15. The van der Waals surface area contributed by atoms with Crippen molar-refractivity contribution in [2.75, 3.05) is 6.61 Å². The number of carboxylic acids is 1. The van der Waals surface area contributed by atoms with Crippen LogP contribution in [0.4, 0.5) is 0 Å². The summed E-state index contributed by atoms with van der Waals surface area (Å²) in [6.07, 6.45) is 0. The van der Waals surface area contributed by atoms with Crippen molar-refractivity contribution >= 4 is 11.9 Å². The van der Waals surface area contributed by atoms with Gasteiger partial charge in [-0.15, -0.1) is 0 Å².